The maximum absolute atomic E-state index is 4.71. The lowest BCUT2D eigenvalue weighted by Crippen LogP contribution is -2.04. The predicted octanol–water partition coefficient (Wildman–Crippen LogP) is 4.44. The van der Waals surface area contributed by atoms with Gasteiger partial charge in [-0.2, -0.15) is 0 Å². The minimum absolute atomic E-state index is 0.961. The van der Waals surface area contributed by atoms with Crippen LogP contribution in [0.2, 0.25) is 0 Å². The van der Waals surface area contributed by atoms with Crippen molar-refractivity contribution in [2.24, 2.45) is 0 Å². The van der Waals surface area contributed by atoms with Gasteiger partial charge in [0.1, 0.15) is 5.82 Å². The SMILES string of the molecule is CCCNc1nc2c(Br)ccc(C)c2cc1C. The van der Waals surface area contributed by atoms with Crippen LogP contribution in [0.5, 0.6) is 0 Å². The molecule has 0 saturated carbocycles. The molecule has 2 aromatic rings. The minimum Gasteiger partial charge on any atom is -0.370 e. The summed E-state index contributed by atoms with van der Waals surface area (Å²) in [5.74, 6) is 0.991. The summed E-state index contributed by atoms with van der Waals surface area (Å²) in [6.07, 6.45) is 1.11. The molecule has 1 heterocycles. The number of nitrogens with one attached hydrogen (secondary N) is 1. The molecule has 0 aliphatic rings. The van der Waals surface area contributed by atoms with E-state index in [9.17, 15) is 0 Å². The van der Waals surface area contributed by atoms with Gasteiger partial charge in [-0.1, -0.05) is 13.0 Å². The first kappa shape index (κ1) is 12.4. The molecule has 0 amide bonds. The van der Waals surface area contributed by atoms with Crippen LogP contribution >= 0.6 is 15.9 Å². The topological polar surface area (TPSA) is 24.9 Å². The van der Waals surface area contributed by atoms with E-state index in [1.54, 1.807) is 0 Å². The number of rotatable bonds is 3. The first-order valence-corrected chi connectivity index (χ1v) is 6.73. The van der Waals surface area contributed by atoms with Gasteiger partial charge in [0.05, 0.1) is 5.52 Å². The molecule has 0 atom stereocenters. The molecule has 2 rings (SSSR count). The van der Waals surface area contributed by atoms with Gasteiger partial charge in [0.2, 0.25) is 0 Å². The first-order valence-electron chi connectivity index (χ1n) is 5.93. The number of anilines is 1. The summed E-state index contributed by atoms with van der Waals surface area (Å²) in [4.78, 5) is 4.71. The number of aryl methyl sites for hydroxylation is 2. The number of halogens is 1. The van der Waals surface area contributed by atoms with Gasteiger partial charge in [-0.05, 0) is 59.5 Å². The Morgan fingerprint density at radius 3 is 2.71 bits per heavy atom. The van der Waals surface area contributed by atoms with E-state index in [1.165, 1.54) is 16.5 Å². The third kappa shape index (κ3) is 2.44. The second-order valence-electron chi connectivity index (χ2n) is 4.34. The van der Waals surface area contributed by atoms with E-state index in [-0.39, 0.29) is 0 Å². The van der Waals surface area contributed by atoms with Gasteiger partial charge in [-0.15, -0.1) is 0 Å². The highest BCUT2D eigenvalue weighted by Crippen LogP contribution is 2.28. The van der Waals surface area contributed by atoms with Crippen molar-refractivity contribution in [1.29, 1.82) is 0 Å². The highest BCUT2D eigenvalue weighted by atomic mass is 79.9. The normalized spacial score (nSPS) is 10.8. The summed E-state index contributed by atoms with van der Waals surface area (Å²) < 4.78 is 1.05. The van der Waals surface area contributed by atoms with E-state index in [4.69, 9.17) is 4.98 Å². The molecule has 0 aliphatic heterocycles. The molecule has 0 unspecified atom stereocenters. The van der Waals surface area contributed by atoms with Crippen LogP contribution in [0.1, 0.15) is 24.5 Å². The van der Waals surface area contributed by atoms with Gasteiger partial charge in [0, 0.05) is 16.4 Å². The maximum Gasteiger partial charge on any atom is 0.129 e. The zero-order valence-corrected chi connectivity index (χ0v) is 12.1. The summed E-state index contributed by atoms with van der Waals surface area (Å²) in [5, 5.41) is 4.59. The van der Waals surface area contributed by atoms with Crippen LogP contribution in [0.4, 0.5) is 5.82 Å². The monoisotopic (exact) mass is 292 g/mol. The van der Waals surface area contributed by atoms with Crippen LogP contribution in [0.25, 0.3) is 10.9 Å². The van der Waals surface area contributed by atoms with Gasteiger partial charge in [0.15, 0.2) is 0 Å². The highest BCUT2D eigenvalue weighted by molar-refractivity contribution is 9.10. The molecule has 1 aromatic heterocycles. The molecule has 0 bridgehead atoms. The van der Waals surface area contributed by atoms with E-state index < -0.39 is 0 Å². The van der Waals surface area contributed by atoms with E-state index >= 15 is 0 Å². The molecular formula is C14H17BrN2. The second-order valence-corrected chi connectivity index (χ2v) is 5.20. The number of nitrogens with zero attached hydrogens (tertiary/aromatic N) is 1. The molecule has 1 N–H and O–H groups in total. The molecule has 0 spiro atoms. The zero-order valence-electron chi connectivity index (χ0n) is 10.5. The van der Waals surface area contributed by atoms with Gasteiger partial charge in [-0.3, -0.25) is 0 Å². The molecule has 0 radical (unpaired) electrons. The molecule has 0 fully saturated rings. The molecular weight excluding hydrogens is 276 g/mol. The number of hydrogen-bond acceptors (Lipinski definition) is 2. The zero-order chi connectivity index (χ0) is 12.4. The lowest BCUT2D eigenvalue weighted by molar-refractivity contribution is 0.968. The van der Waals surface area contributed by atoms with Crippen molar-refractivity contribution in [3.8, 4) is 0 Å². The Bertz CT molecular complexity index is 549. The summed E-state index contributed by atoms with van der Waals surface area (Å²) in [5.41, 5.74) is 3.50. The van der Waals surface area contributed by atoms with Crippen molar-refractivity contribution in [2.45, 2.75) is 27.2 Å². The Labute approximate surface area is 111 Å². The fourth-order valence-electron chi connectivity index (χ4n) is 1.89. The van der Waals surface area contributed by atoms with Gasteiger partial charge < -0.3 is 5.32 Å². The van der Waals surface area contributed by atoms with E-state index in [0.717, 1.165) is 28.8 Å². The summed E-state index contributed by atoms with van der Waals surface area (Å²) in [7, 11) is 0. The summed E-state index contributed by atoms with van der Waals surface area (Å²) in [6, 6.07) is 6.39. The standard InChI is InChI=1S/C14H17BrN2/c1-4-7-16-14-10(3)8-11-9(2)5-6-12(15)13(11)17-14/h5-6,8H,4,7H2,1-3H3,(H,16,17). The van der Waals surface area contributed by atoms with Crippen molar-refractivity contribution in [3.63, 3.8) is 0 Å². The van der Waals surface area contributed by atoms with E-state index in [1.807, 2.05) is 0 Å². The Morgan fingerprint density at radius 1 is 1.24 bits per heavy atom. The third-order valence-corrected chi connectivity index (χ3v) is 3.53. The van der Waals surface area contributed by atoms with Crippen molar-refractivity contribution < 1.29 is 0 Å². The number of fused-ring (bicyclic) bond motifs is 1. The molecule has 0 saturated heterocycles. The van der Waals surface area contributed by atoms with Crippen LogP contribution in [0.15, 0.2) is 22.7 Å². The first-order chi connectivity index (χ1) is 8.13. The van der Waals surface area contributed by atoms with Crippen LogP contribution < -0.4 is 5.32 Å². The number of hydrogen-bond donors (Lipinski definition) is 1. The largest absolute Gasteiger partial charge is 0.370 e. The van der Waals surface area contributed by atoms with Crippen LogP contribution in [0.3, 0.4) is 0 Å². The maximum atomic E-state index is 4.71. The lowest BCUT2D eigenvalue weighted by atomic mass is 10.1. The van der Waals surface area contributed by atoms with Gasteiger partial charge in [-0.25, -0.2) is 4.98 Å². The van der Waals surface area contributed by atoms with Gasteiger partial charge in [0.25, 0.3) is 0 Å². The van der Waals surface area contributed by atoms with Crippen molar-refractivity contribution >= 4 is 32.7 Å². The number of benzene rings is 1. The molecule has 3 heteroatoms. The molecule has 2 nitrogen and oxygen atoms in total. The minimum atomic E-state index is 0.961. The molecule has 1 aromatic carbocycles. The fourth-order valence-corrected chi connectivity index (χ4v) is 2.32. The molecule has 0 aliphatic carbocycles. The van der Waals surface area contributed by atoms with Crippen molar-refractivity contribution in [2.75, 3.05) is 11.9 Å². The smallest absolute Gasteiger partial charge is 0.129 e. The molecule has 17 heavy (non-hydrogen) atoms. The van der Waals surface area contributed by atoms with Gasteiger partial charge >= 0.3 is 0 Å². The second kappa shape index (κ2) is 5.05. The third-order valence-electron chi connectivity index (χ3n) is 2.89. The van der Waals surface area contributed by atoms with E-state index in [0.29, 0.717) is 0 Å². The van der Waals surface area contributed by atoms with Crippen molar-refractivity contribution in [3.05, 3.63) is 33.8 Å². The predicted molar refractivity (Wildman–Crippen MR) is 77.7 cm³/mol. The Morgan fingerprint density at radius 2 is 2.00 bits per heavy atom. The summed E-state index contributed by atoms with van der Waals surface area (Å²) >= 11 is 3.57. The van der Waals surface area contributed by atoms with Crippen molar-refractivity contribution in [1.82, 2.24) is 4.98 Å². The average Bonchev–Trinajstić information content (AvgIpc) is 2.32. The van der Waals surface area contributed by atoms with Crippen LogP contribution in [0, 0.1) is 13.8 Å². The lowest BCUT2D eigenvalue weighted by Gasteiger charge is -2.11. The Kier molecular flexibility index (Phi) is 3.67. The Hall–Kier alpha value is -1.09. The quantitative estimate of drug-likeness (QED) is 0.905. The Balaban J connectivity index is 2.59. The number of pyridine rings is 1. The average molecular weight is 293 g/mol. The molecule has 90 valence electrons. The van der Waals surface area contributed by atoms with Crippen LogP contribution in [-0.4, -0.2) is 11.5 Å². The summed E-state index contributed by atoms with van der Waals surface area (Å²) in [6.45, 7) is 7.34. The van der Waals surface area contributed by atoms with E-state index in [2.05, 4.69) is 60.2 Å². The highest BCUT2D eigenvalue weighted by Gasteiger charge is 2.07. The number of aromatic nitrogens is 1. The van der Waals surface area contributed by atoms with Crippen LogP contribution in [-0.2, 0) is 0 Å². The fraction of sp³-hybridized carbons (Fsp3) is 0.357.